The summed E-state index contributed by atoms with van der Waals surface area (Å²) in [5, 5.41) is 2.80. The third-order valence-corrected chi connectivity index (χ3v) is 4.27. The molecule has 2 aliphatic rings. The molecule has 2 heterocycles. The zero-order valence-corrected chi connectivity index (χ0v) is 14.4. The Morgan fingerprint density at radius 1 is 1.35 bits per heavy atom. The summed E-state index contributed by atoms with van der Waals surface area (Å²) in [5.41, 5.74) is -0.775. The van der Waals surface area contributed by atoms with Gasteiger partial charge in [-0.1, -0.05) is 5.92 Å². The molecular weight excluding hydrogens is 296 g/mol. The van der Waals surface area contributed by atoms with E-state index in [2.05, 4.69) is 17.2 Å². The fourth-order valence-electron chi connectivity index (χ4n) is 3.17. The van der Waals surface area contributed by atoms with Crippen LogP contribution in [0.2, 0.25) is 0 Å². The van der Waals surface area contributed by atoms with E-state index >= 15 is 0 Å². The first-order chi connectivity index (χ1) is 10.8. The standard InChI is InChI=1S/C17H26N2O4/c1-5-6-9-18-14(20)13-17(7-10-22-11-8-17)12-19(13)15(21)23-16(2,3)4/h13H,7-12H2,1-4H3,(H,18,20). The molecule has 2 saturated heterocycles. The van der Waals surface area contributed by atoms with Crippen LogP contribution in [0.25, 0.3) is 0 Å². The Hall–Kier alpha value is -1.74. The smallest absolute Gasteiger partial charge is 0.411 e. The van der Waals surface area contributed by atoms with E-state index in [9.17, 15) is 9.59 Å². The molecule has 0 aromatic rings. The molecule has 6 nitrogen and oxygen atoms in total. The van der Waals surface area contributed by atoms with Crippen LogP contribution in [0.1, 0.15) is 40.5 Å². The Morgan fingerprint density at radius 3 is 2.57 bits per heavy atom. The zero-order valence-electron chi connectivity index (χ0n) is 14.4. The maximum atomic E-state index is 12.6. The fourth-order valence-corrected chi connectivity index (χ4v) is 3.17. The molecule has 2 fully saturated rings. The molecule has 0 radical (unpaired) electrons. The molecule has 6 heteroatoms. The number of amides is 2. The molecule has 23 heavy (non-hydrogen) atoms. The quantitative estimate of drug-likeness (QED) is 0.783. The topological polar surface area (TPSA) is 67.9 Å². The number of rotatable bonds is 2. The van der Waals surface area contributed by atoms with Crippen molar-refractivity contribution in [3.8, 4) is 11.8 Å². The first-order valence-corrected chi connectivity index (χ1v) is 8.04. The molecule has 128 valence electrons. The molecule has 1 atom stereocenters. The van der Waals surface area contributed by atoms with Crippen molar-refractivity contribution in [2.45, 2.75) is 52.2 Å². The third-order valence-electron chi connectivity index (χ3n) is 4.27. The molecule has 1 N–H and O–H groups in total. The van der Waals surface area contributed by atoms with Crippen molar-refractivity contribution in [2.24, 2.45) is 5.41 Å². The summed E-state index contributed by atoms with van der Waals surface area (Å²) in [4.78, 5) is 26.5. The monoisotopic (exact) mass is 322 g/mol. The lowest BCUT2D eigenvalue weighted by molar-refractivity contribution is -0.158. The molecule has 2 amide bonds. The van der Waals surface area contributed by atoms with Gasteiger partial charge in [-0.3, -0.25) is 9.69 Å². The van der Waals surface area contributed by atoms with Crippen LogP contribution in [0, 0.1) is 17.3 Å². The predicted octanol–water partition coefficient (Wildman–Crippen LogP) is 1.54. The van der Waals surface area contributed by atoms with E-state index in [1.807, 2.05) is 20.8 Å². The summed E-state index contributed by atoms with van der Waals surface area (Å²) in [5.74, 6) is 5.40. The molecular formula is C17H26N2O4. The van der Waals surface area contributed by atoms with Gasteiger partial charge in [-0.25, -0.2) is 4.79 Å². The number of nitrogens with zero attached hydrogens (tertiary/aromatic N) is 1. The van der Waals surface area contributed by atoms with E-state index in [1.54, 1.807) is 6.92 Å². The van der Waals surface area contributed by atoms with Crippen LogP contribution in [0.4, 0.5) is 4.79 Å². The van der Waals surface area contributed by atoms with Crippen molar-refractivity contribution >= 4 is 12.0 Å². The average Bonchev–Trinajstić information content (AvgIpc) is 2.44. The highest BCUT2D eigenvalue weighted by Gasteiger charge is 2.59. The van der Waals surface area contributed by atoms with E-state index in [0.717, 1.165) is 12.8 Å². The molecule has 0 aromatic carbocycles. The van der Waals surface area contributed by atoms with Crippen LogP contribution in [0.15, 0.2) is 0 Å². The highest BCUT2D eigenvalue weighted by atomic mass is 16.6. The zero-order chi connectivity index (χ0) is 17.1. The number of hydrogen-bond donors (Lipinski definition) is 1. The van der Waals surface area contributed by atoms with Crippen LogP contribution in [-0.4, -0.2) is 54.8 Å². The largest absolute Gasteiger partial charge is 0.444 e. The lowest BCUT2D eigenvalue weighted by Gasteiger charge is -2.57. The van der Waals surface area contributed by atoms with Gasteiger partial charge in [0.1, 0.15) is 11.6 Å². The Morgan fingerprint density at radius 2 is 2.00 bits per heavy atom. The SMILES string of the molecule is CC#CCNC(=O)C1N(C(=O)OC(C)(C)C)CC12CCOCC2. The van der Waals surface area contributed by atoms with Crippen molar-refractivity contribution < 1.29 is 19.1 Å². The van der Waals surface area contributed by atoms with Gasteiger partial charge in [-0.05, 0) is 40.5 Å². The van der Waals surface area contributed by atoms with Crippen LogP contribution < -0.4 is 5.32 Å². The van der Waals surface area contributed by atoms with Gasteiger partial charge in [0.2, 0.25) is 5.91 Å². The molecule has 2 rings (SSSR count). The van der Waals surface area contributed by atoms with Crippen LogP contribution in [0.3, 0.4) is 0 Å². The van der Waals surface area contributed by atoms with E-state index in [-0.39, 0.29) is 11.3 Å². The second-order valence-electron chi connectivity index (χ2n) is 7.13. The number of nitrogens with one attached hydrogen (secondary N) is 1. The Bertz CT molecular complexity index is 521. The summed E-state index contributed by atoms with van der Waals surface area (Å²) >= 11 is 0. The third kappa shape index (κ3) is 3.97. The number of carbonyl (C=O) groups is 2. The van der Waals surface area contributed by atoms with Gasteiger partial charge in [0.15, 0.2) is 0 Å². The second kappa shape index (κ2) is 6.79. The van der Waals surface area contributed by atoms with E-state index < -0.39 is 17.7 Å². The lowest BCUT2D eigenvalue weighted by atomic mass is 9.66. The van der Waals surface area contributed by atoms with Gasteiger partial charge < -0.3 is 14.8 Å². The minimum Gasteiger partial charge on any atom is -0.444 e. The number of likely N-dealkylation sites (tertiary alicyclic amines) is 1. The summed E-state index contributed by atoms with van der Waals surface area (Å²) in [7, 11) is 0. The fraction of sp³-hybridized carbons (Fsp3) is 0.765. The number of ether oxygens (including phenoxy) is 2. The highest BCUT2D eigenvalue weighted by Crippen LogP contribution is 2.46. The van der Waals surface area contributed by atoms with Gasteiger partial charge >= 0.3 is 6.09 Å². The lowest BCUT2D eigenvalue weighted by Crippen LogP contribution is -2.72. The van der Waals surface area contributed by atoms with E-state index in [1.165, 1.54) is 4.90 Å². The minimum absolute atomic E-state index is 0.160. The maximum absolute atomic E-state index is 12.6. The molecule has 0 aliphatic carbocycles. The van der Waals surface area contributed by atoms with Gasteiger partial charge in [0.05, 0.1) is 6.54 Å². The second-order valence-corrected chi connectivity index (χ2v) is 7.13. The van der Waals surface area contributed by atoms with Gasteiger partial charge in [0.25, 0.3) is 0 Å². The van der Waals surface area contributed by atoms with Crippen LogP contribution >= 0.6 is 0 Å². The summed E-state index contributed by atoms with van der Waals surface area (Å²) in [6, 6.07) is -0.500. The van der Waals surface area contributed by atoms with Gasteiger partial charge in [0, 0.05) is 25.2 Å². The molecule has 2 aliphatic heterocycles. The molecule has 1 spiro atoms. The average molecular weight is 322 g/mol. The van der Waals surface area contributed by atoms with Crippen LogP contribution in [0.5, 0.6) is 0 Å². The summed E-state index contributed by atoms with van der Waals surface area (Å²) in [6.45, 7) is 9.27. The first-order valence-electron chi connectivity index (χ1n) is 8.04. The normalized spacial score (nSPS) is 22.6. The Labute approximate surface area is 137 Å². The van der Waals surface area contributed by atoms with Gasteiger partial charge in [-0.2, -0.15) is 0 Å². The van der Waals surface area contributed by atoms with E-state index in [0.29, 0.717) is 26.3 Å². The number of carbonyl (C=O) groups excluding carboxylic acids is 2. The van der Waals surface area contributed by atoms with Gasteiger partial charge in [-0.15, -0.1) is 5.92 Å². The summed E-state index contributed by atoms with van der Waals surface area (Å²) in [6.07, 6.45) is 1.13. The molecule has 0 saturated carbocycles. The van der Waals surface area contributed by atoms with Crippen molar-refractivity contribution in [2.75, 3.05) is 26.3 Å². The predicted molar refractivity (Wildman–Crippen MR) is 85.7 cm³/mol. The van der Waals surface area contributed by atoms with Crippen molar-refractivity contribution in [3.63, 3.8) is 0 Å². The molecule has 1 unspecified atom stereocenters. The molecule has 0 aromatic heterocycles. The van der Waals surface area contributed by atoms with Crippen molar-refractivity contribution in [1.29, 1.82) is 0 Å². The maximum Gasteiger partial charge on any atom is 0.411 e. The summed E-state index contributed by atoms with van der Waals surface area (Å²) < 4.78 is 10.8. The van der Waals surface area contributed by atoms with E-state index in [4.69, 9.17) is 9.47 Å². The van der Waals surface area contributed by atoms with Crippen molar-refractivity contribution in [3.05, 3.63) is 0 Å². The van der Waals surface area contributed by atoms with Crippen molar-refractivity contribution in [1.82, 2.24) is 10.2 Å². The Balaban J connectivity index is 2.10. The minimum atomic E-state index is -0.579. The first kappa shape index (κ1) is 17.6. The molecule has 0 bridgehead atoms. The number of hydrogen-bond acceptors (Lipinski definition) is 4. The highest BCUT2D eigenvalue weighted by molar-refractivity contribution is 5.88. The van der Waals surface area contributed by atoms with Crippen LogP contribution in [-0.2, 0) is 14.3 Å². The Kier molecular flexibility index (Phi) is 5.20.